The van der Waals surface area contributed by atoms with Gasteiger partial charge in [-0.2, -0.15) is 0 Å². The molecule has 0 aliphatic carbocycles. The summed E-state index contributed by atoms with van der Waals surface area (Å²) in [5.41, 5.74) is 5.86. The van der Waals surface area contributed by atoms with E-state index in [-0.39, 0.29) is 11.3 Å². The van der Waals surface area contributed by atoms with Crippen LogP contribution in [0.25, 0.3) is 0 Å². The van der Waals surface area contributed by atoms with E-state index in [1.165, 1.54) is 0 Å². The van der Waals surface area contributed by atoms with Gasteiger partial charge in [0.1, 0.15) is 0 Å². The lowest BCUT2D eigenvalue weighted by Crippen LogP contribution is -2.43. The average molecular weight is 205 g/mol. The molecule has 1 saturated heterocycles. The molecule has 0 bridgehead atoms. The van der Waals surface area contributed by atoms with E-state index in [1.54, 1.807) is 0 Å². The summed E-state index contributed by atoms with van der Waals surface area (Å²) in [5.74, 6) is 0.342. The van der Waals surface area contributed by atoms with Crippen LogP contribution in [0.4, 0.5) is 0 Å². The zero-order chi connectivity index (χ0) is 9.90. The molecule has 0 aromatic rings. The summed E-state index contributed by atoms with van der Waals surface area (Å²) in [5, 5.41) is -0.263. The van der Waals surface area contributed by atoms with E-state index < -0.39 is 9.84 Å². The summed E-state index contributed by atoms with van der Waals surface area (Å²) in [7, 11) is -2.87. The molecule has 0 radical (unpaired) electrons. The normalized spacial score (nSPS) is 29.8. The summed E-state index contributed by atoms with van der Waals surface area (Å²) in [4.78, 5) is 0. The van der Waals surface area contributed by atoms with Crippen LogP contribution in [0.1, 0.15) is 39.0 Å². The predicted octanol–water partition coefficient (Wildman–Crippen LogP) is 1.08. The molecule has 2 atom stereocenters. The van der Waals surface area contributed by atoms with E-state index in [9.17, 15) is 8.42 Å². The molecular weight excluding hydrogens is 186 g/mol. The first-order valence-electron chi connectivity index (χ1n) is 5.05. The third-order valence-electron chi connectivity index (χ3n) is 2.73. The Kier molecular flexibility index (Phi) is 3.74. The van der Waals surface area contributed by atoms with E-state index in [2.05, 4.69) is 0 Å². The second kappa shape index (κ2) is 4.42. The van der Waals surface area contributed by atoms with Crippen LogP contribution in [-0.4, -0.2) is 25.5 Å². The lowest BCUT2D eigenvalue weighted by atomic mass is 10.0. The second-order valence-electron chi connectivity index (χ2n) is 3.85. The summed E-state index contributed by atoms with van der Waals surface area (Å²) in [6.07, 6.45) is 4.39. The van der Waals surface area contributed by atoms with Crippen LogP contribution in [0, 0.1) is 0 Å². The van der Waals surface area contributed by atoms with Crippen LogP contribution in [0.3, 0.4) is 0 Å². The highest BCUT2D eigenvalue weighted by Crippen LogP contribution is 2.23. The van der Waals surface area contributed by atoms with Crippen LogP contribution >= 0.6 is 0 Å². The minimum Gasteiger partial charge on any atom is -0.327 e. The molecule has 1 fully saturated rings. The van der Waals surface area contributed by atoms with Crippen molar-refractivity contribution in [1.82, 2.24) is 0 Å². The first-order chi connectivity index (χ1) is 6.08. The minimum absolute atomic E-state index is 0.143. The Hall–Kier alpha value is -0.0900. The summed E-state index contributed by atoms with van der Waals surface area (Å²) >= 11 is 0. The molecular formula is C9H19NO2S. The maximum absolute atomic E-state index is 11.6. The van der Waals surface area contributed by atoms with E-state index in [0.29, 0.717) is 5.75 Å². The molecule has 0 amide bonds. The van der Waals surface area contributed by atoms with E-state index in [4.69, 9.17) is 5.73 Å². The number of hydrogen-bond acceptors (Lipinski definition) is 3. The Morgan fingerprint density at radius 1 is 1.46 bits per heavy atom. The van der Waals surface area contributed by atoms with Gasteiger partial charge in [-0.15, -0.1) is 0 Å². The Morgan fingerprint density at radius 2 is 2.15 bits per heavy atom. The van der Waals surface area contributed by atoms with E-state index in [0.717, 1.165) is 32.1 Å². The van der Waals surface area contributed by atoms with Crippen LogP contribution in [0.5, 0.6) is 0 Å². The topological polar surface area (TPSA) is 60.2 Å². The van der Waals surface area contributed by atoms with Gasteiger partial charge in [0.25, 0.3) is 0 Å². The quantitative estimate of drug-likeness (QED) is 0.750. The molecule has 1 rings (SSSR count). The van der Waals surface area contributed by atoms with Gasteiger partial charge >= 0.3 is 0 Å². The molecule has 78 valence electrons. The molecule has 13 heavy (non-hydrogen) atoms. The molecule has 3 nitrogen and oxygen atoms in total. The van der Waals surface area contributed by atoms with Gasteiger partial charge in [-0.1, -0.05) is 19.8 Å². The molecule has 0 saturated carbocycles. The van der Waals surface area contributed by atoms with Crippen molar-refractivity contribution >= 4 is 9.84 Å². The summed E-state index contributed by atoms with van der Waals surface area (Å²) in [6.45, 7) is 2.04. The van der Waals surface area contributed by atoms with E-state index in [1.807, 2.05) is 6.92 Å². The molecule has 4 heteroatoms. The Labute approximate surface area is 80.6 Å². The van der Waals surface area contributed by atoms with Crippen LogP contribution in [-0.2, 0) is 9.84 Å². The van der Waals surface area contributed by atoms with Crippen molar-refractivity contribution in [2.45, 2.75) is 50.3 Å². The molecule has 1 heterocycles. The minimum atomic E-state index is -2.87. The van der Waals surface area contributed by atoms with Gasteiger partial charge < -0.3 is 5.73 Å². The fourth-order valence-electron chi connectivity index (χ4n) is 1.98. The first kappa shape index (κ1) is 11.0. The fourth-order valence-corrected chi connectivity index (χ4v) is 4.08. The number of sulfone groups is 1. The third-order valence-corrected chi connectivity index (χ3v) is 5.09. The Balaban J connectivity index is 2.65. The van der Waals surface area contributed by atoms with Gasteiger partial charge in [-0.3, -0.25) is 0 Å². The average Bonchev–Trinajstić information content (AvgIpc) is 2.03. The Bertz CT molecular complexity index is 248. The molecule has 2 N–H and O–H groups in total. The molecule has 1 aliphatic heterocycles. The van der Waals surface area contributed by atoms with Crippen LogP contribution in [0.15, 0.2) is 0 Å². The van der Waals surface area contributed by atoms with Crippen LogP contribution < -0.4 is 5.73 Å². The van der Waals surface area contributed by atoms with Crippen LogP contribution in [0.2, 0.25) is 0 Å². The highest BCUT2D eigenvalue weighted by atomic mass is 32.2. The van der Waals surface area contributed by atoms with Gasteiger partial charge in [0.05, 0.1) is 11.0 Å². The van der Waals surface area contributed by atoms with Crippen molar-refractivity contribution in [3.63, 3.8) is 0 Å². The molecule has 0 spiro atoms. The van der Waals surface area contributed by atoms with Gasteiger partial charge in [0, 0.05) is 6.04 Å². The monoisotopic (exact) mass is 205 g/mol. The van der Waals surface area contributed by atoms with Gasteiger partial charge in [0.15, 0.2) is 9.84 Å². The maximum Gasteiger partial charge on any atom is 0.154 e. The molecule has 0 aromatic heterocycles. The lowest BCUT2D eigenvalue weighted by Gasteiger charge is -2.27. The fraction of sp³-hybridized carbons (Fsp3) is 1.00. The molecule has 1 aliphatic rings. The number of hydrogen-bond donors (Lipinski definition) is 1. The predicted molar refractivity (Wildman–Crippen MR) is 54.3 cm³/mol. The largest absolute Gasteiger partial charge is 0.327 e. The molecule has 2 unspecified atom stereocenters. The van der Waals surface area contributed by atoms with Crippen molar-refractivity contribution in [1.29, 1.82) is 0 Å². The van der Waals surface area contributed by atoms with Crippen molar-refractivity contribution in [3.05, 3.63) is 0 Å². The number of nitrogens with two attached hydrogens (primary N) is 1. The highest BCUT2D eigenvalue weighted by Gasteiger charge is 2.32. The van der Waals surface area contributed by atoms with Gasteiger partial charge in [0.2, 0.25) is 0 Å². The zero-order valence-corrected chi connectivity index (χ0v) is 9.02. The highest BCUT2D eigenvalue weighted by molar-refractivity contribution is 7.92. The number of rotatable bonds is 3. The van der Waals surface area contributed by atoms with Crippen molar-refractivity contribution in [2.24, 2.45) is 5.73 Å². The molecule has 0 aromatic carbocycles. The maximum atomic E-state index is 11.6. The van der Waals surface area contributed by atoms with Gasteiger partial charge in [-0.25, -0.2) is 8.42 Å². The lowest BCUT2D eigenvalue weighted by molar-refractivity contribution is 0.479. The second-order valence-corrected chi connectivity index (χ2v) is 6.19. The third kappa shape index (κ3) is 2.68. The van der Waals surface area contributed by atoms with Gasteiger partial charge in [-0.05, 0) is 19.3 Å². The first-order valence-corrected chi connectivity index (χ1v) is 6.76. The summed E-state index contributed by atoms with van der Waals surface area (Å²) < 4.78 is 23.2. The smallest absolute Gasteiger partial charge is 0.154 e. The van der Waals surface area contributed by atoms with E-state index >= 15 is 0 Å². The zero-order valence-electron chi connectivity index (χ0n) is 8.20. The van der Waals surface area contributed by atoms with Crippen molar-refractivity contribution in [3.8, 4) is 0 Å². The van der Waals surface area contributed by atoms with Crippen molar-refractivity contribution in [2.75, 3.05) is 5.75 Å². The standard InChI is InChI=1S/C9H19NO2S/c1-2-5-8(10)9-6-3-4-7-13(9,11)12/h8-9H,2-7,10H2,1H3. The Morgan fingerprint density at radius 3 is 2.69 bits per heavy atom. The van der Waals surface area contributed by atoms with Crippen molar-refractivity contribution < 1.29 is 8.42 Å². The SMILES string of the molecule is CCCC(N)C1CCCCS1(=O)=O. The summed E-state index contributed by atoms with van der Waals surface area (Å²) in [6, 6.07) is -0.143.